The SMILES string of the molecule is C[C@H](NC(=O)c1ccc(F)cc1)C(=O)N1CCC[C@H]1C(=O)N[C@H](CCCN=C(N)N)C(=O)CF. The summed E-state index contributed by atoms with van der Waals surface area (Å²) >= 11 is 0. The quantitative estimate of drug-likeness (QED) is 0.198. The fourth-order valence-corrected chi connectivity index (χ4v) is 3.67. The summed E-state index contributed by atoms with van der Waals surface area (Å²) in [6, 6.07) is 1.98. The fraction of sp³-hybridized carbons (Fsp3) is 0.500. The predicted octanol–water partition coefficient (Wildman–Crippen LogP) is 0.0120. The number of nitrogens with zero attached hydrogens (tertiary/aromatic N) is 2. The number of guanidine groups is 1. The maximum absolute atomic E-state index is 13.1. The molecule has 0 saturated carbocycles. The molecule has 3 amide bonds. The van der Waals surface area contributed by atoms with Gasteiger partial charge in [-0.15, -0.1) is 0 Å². The second-order valence-electron chi connectivity index (χ2n) is 8.00. The first-order valence-electron chi connectivity index (χ1n) is 11.0. The van der Waals surface area contributed by atoms with E-state index in [0.29, 0.717) is 25.8 Å². The van der Waals surface area contributed by atoms with Gasteiger partial charge in [0.2, 0.25) is 11.8 Å². The van der Waals surface area contributed by atoms with Crippen molar-refractivity contribution in [1.29, 1.82) is 0 Å². The van der Waals surface area contributed by atoms with Crippen LogP contribution >= 0.6 is 0 Å². The van der Waals surface area contributed by atoms with Gasteiger partial charge in [0.15, 0.2) is 11.7 Å². The number of rotatable bonds is 11. The van der Waals surface area contributed by atoms with E-state index >= 15 is 0 Å². The van der Waals surface area contributed by atoms with Crippen LogP contribution in [0.1, 0.15) is 43.0 Å². The maximum atomic E-state index is 13.1. The summed E-state index contributed by atoms with van der Waals surface area (Å²) in [6.07, 6.45) is 1.39. The molecule has 1 heterocycles. The number of carbonyl (C=O) groups excluding carboxylic acids is 4. The smallest absolute Gasteiger partial charge is 0.251 e. The molecule has 0 aliphatic carbocycles. The Morgan fingerprint density at radius 1 is 1.18 bits per heavy atom. The maximum Gasteiger partial charge on any atom is 0.251 e. The lowest BCUT2D eigenvalue weighted by Gasteiger charge is -2.28. The van der Waals surface area contributed by atoms with Gasteiger partial charge in [-0.05, 0) is 56.9 Å². The topological polar surface area (TPSA) is 160 Å². The highest BCUT2D eigenvalue weighted by molar-refractivity contribution is 5.98. The van der Waals surface area contributed by atoms with Gasteiger partial charge in [0, 0.05) is 18.7 Å². The van der Waals surface area contributed by atoms with Crippen LogP contribution in [0.3, 0.4) is 0 Å². The third kappa shape index (κ3) is 7.49. The van der Waals surface area contributed by atoms with E-state index in [9.17, 15) is 28.0 Å². The molecule has 10 nitrogen and oxygen atoms in total. The summed E-state index contributed by atoms with van der Waals surface area (Å²) < 4.78 is 26.1. The minimum atomic E-state index is -1.24. The first kappa shape index (κ1) is 26.7. The molecule has 2 rings (SSSR count). The van der Waals surface area contributed by atoms with E-state index in [1.54, 1.807) is 0 Å². The van der Waals surface area contributed by atoms with Crippen LogP contribution in [0.2, 0.25) is 0 Å². The zero-order valence-electron chi connectivity index (χ0n) is 18.9. The summed E-state index contributed by atoms with van der Waals surface area (Å²) in [4.78, 5) is 55.2. The Hall–Kier alpha value is -3.57. The van der Waals surface area contributed by atoms with Gasteiger partial charge < -0.3 is 27.0 Å². The molecule has 0 bridgehead atoms. The van der Waals surface area contributed by atoms with Crippen molar-refractivity contribution in [2.45, 2.75) is 50.7 Å². The molecule has 34 heavy (non-hydrogen) atoms. The number of ketones is 1. The van der Waals surface area contributed by atoms with Gasteiger partial charge in [-0.3, -0.25) is 24.2 Å². The Labute approximate surface area is 196 Å². The molecule has 3 atom stereocenters. The highest BCUT2D eigenvalue weighted by Crippen LogP contribution is 2.19. The van der Waals surface area contributed by atoms with Gasteiger partial charge in [0.1, 0.15) is 24.6 Å². The van der Waals surface area contributed by atoms with Crippen molar-refractivity contribution in [2.75, 3.05) is 19.8 Å². The molecule has 0 spiro atoms. The molecular weight excluding hydrogens is 450 g/mol. The van der Waals surface area contributed by atoms with Gasteiger partial charge >= 0.3 is 0 Å². The molecule has 1 aliphatic heterocycles. The predicted molar refractivity (Wildman–Crippen MR) is 121 cm³/mol. The average Bonchev–Trinajstić information content (AvgIpc) is 3.30. The summed E-state index contributed by atoms with van der Waals surface area (Å²) in [6.45, 7) is 0.747. The molecule has 186 valence electrons. The van der Waals surface area contributed by atoms with Crippen LogP contribution in [0.5, 0.6) is 0 Å². The van der Waals surface area contributed by atoms with Gasteiger partial charge in [-0.2, -0.15) is 0 Å². The zero-order chi connectivity index (χ0) is 25.3. The molecule has 1 aliphatic rings. The first-order valence-corrected chi connectivity index (χ1v) is 11.0. The lowest BCUT2D eigenvalue weighted by Crippen LogP contribution is -2.54. The van der Waals surface area contributed by atoms with E-state index in [0.717, 1.165) is 12.1 Å². The van der Waals surface area contributed by atoms with Crippen molar-refractivity contribution in [3.63, 3.8) is 0 Å². The highest BCUT2D eigenvalue weighted by atomic mass is 19.1. The summed E-state index contributed by atoms with van der Waals surface area (Å²) in [5, 5.41) is 5.08. The molecule has 1 aromatic rings. The monoisotopic (exact) mass is 480 g/mol. The van der Waals surface area contributed by atoms with Crippen molar-refractivity contribution in [3.05, 3.63) is 35.6 Å². The first-order chi connectivity index (χ1) is 16.1. The number of hydrogen-bond donors (Lipinski definition) is 4. The van der Waals surface area contributed by atoms with Gasteiger partial charge in [-0.25, -0.2) is 8.78 Å². The Bertz CT molecular complexity index is 920. The lowest BCUT2D eigenvalue weighted by atomic mass is 10.1. The number of carbonyl (C=O) groups is 4. The van der Waals surface area contributed by atoms with Crippen LogP contribution in [0.15, 0.2) is 29.3 Å². The second kappa shape index (κ2) is 12.6. The summed E-state index contributed by atoms with van der Waals surface area (Å²) in [7, 11) is 0. The minimum absolute atomic E-state index is 0.113. The largest absolute Gasteiger partial charge is 0.370 e. The third-order valence-corrected chi connectivity index (χ3v) is 5.45. The summed E-state index contributed by atoms with van der Waals surface area (Å²) in [5.74, 6) is -3.00. The molecule has 1 aromatic carbocycles. The van der Waals surface area contributed by atoms with Gasteiger partial charge in [0.05, 0.1) is 6.04 Å². The van der Waals surface area contributed by atoms with Crippen LogP contribution in [0.4, 0.5) is 8.78 Å². The highest BCUT2D eigenvalue weighted by Gasteiger charge is 2.37. The number of benzene rings is 1. The molecule has 12 heteroatoms. The Morgan fingerprint density at radius 3 is 2.47 bits per heavy atom. The molecule has 1 saturated heterocycles. The van der Waals surface area contributed by atoms with Crippen LogP contribution < -0.4 is 22.1 Å². The number of halogens is 2. The van der Waals surface area contributed by atoms with E-state index in [2.05, 4.69) is 15.6 Å². The number of alkyl halides is 1. The Morgan fingerprint density at radius 2 is 1.85 bits per heavy atom. The van der Waals surface area contributed by atoms with Crippen molar-refractivity contribution in [1.82, 2.24) is 15.5 Å². The van der Waals surface area contributed by atoms with Crippen LogP contribution in [-0.4, -0.2) is 72.3 Å². The minimum Gasteiger partial charge on any atom is -0.370 e. The van der Waals surface area contributed by atoms with E-state index in [-0.39, 0.29) is 24.5 Å². The molecule has 0 aromatic heterocycles. The normalized spacial score (nSPS) is 16.9. The standard InChI is InChI=1S/C22H30F2N6O4/c1-13(28-19(32)14-6-8-15(24)9-7-14)21(34)30-11-3-5-17(30)20(33)29-16(18(31)12-23)4-2-10-27-22(25)26/h6-9,13,16-17H,2-5,10-12H2,1H3,(H,28,32)(H,29,33)(H4,25,26,27)/t13-,16+,17-/m0/s1. The van der Waals surface area contributed by atoms with Crippen LogP contribution in [0.25, 0.3) is 0 Å². The molecule has 6 N–H and O–H groups in total. The fourth-order valence-electron chi connectivity index (χ4n) is 3.67. The number of nitrogens with one attached hydrogen (secondary N) is 2. The van der Waals surface area contributed by atoms with Crippen LogP contribution in [0, 0.1) is 5.82 Å². The number of nitrogens with two attached hydrogens (primary N) is 2. The van der Waals surface area contributed by atoms with Crippen molar-refractivity contribution in [3.8, 4) is 0 Å². The lowest BCUT2D eigenvalue weighted by molar-refractivity contribution is -0.140. The van der Waals surface area contributed by atoms with E-state index in [1.807, 2.05) is 0 Å². The average molecular weight is 481 g/mol. The molecule has 0 radical (unpaired) electrons. The van der Waals surface area contributed by atoms with E-state index in [1.165, 1.54) is 24.0 Å². The second-order valence-corrected chi connectivity index (χ2v) is 8.00. The molecule has 0 unspecified atom stereocenters. The summed E-state index contributed by atoms with van der Waals surface area (Å²) in [5.41, 5.74) is 10.7. The van der Waals surface area contributed by atoms with Gasteiger partial charge in [-0.1, -0.05) is 0 Å². The number of likely N-dealkylation sites (tertiary alicyclic amines) is 1. The Balaban J connectivity index is 1.99. The van der Waals surface area contributed by atoms with Crippen molar-refractivity contribution < 1.29 is 28.0 Å². The number of hydrogen-bond acceptors (Lipinski definition) is 5. The third-order valence-electron chi connectivity index (χ3n) is 5.45. The van der Waals surface area contributed by atoms with Gasteiger partial charge in [0.25, 0.3) is 5.91 Å². The van der Waals surface area contributed by atoms with E-state index < -0.39 is 54.1 Å². The zero-order valence-corrected chi connectivity index (χ0v) is 18.9. The Kier molecular flexibility index (Phi) is 9.90. The number of aliphatic imine (C=N–C) groups is 1. The number of Topliss-reactive ketones (excluding diaryl/α,β-unsaturated/α-hetero) is 1. The molecular formula is C22H30F2N6O4. The van der Waals surface area contributed by atoms with Crippen molar-refractivity contribution >= 4 is 29.5 Å². The number of amides is 3. The van der Waals surface area contributed by atoms with Crippen LogP contribution in [-0.2, 0) is 14.4 Å². The van der Waals surface area contributed by atoms with E-state index in [4.69, 9.17) is 11.5 Å². The van der Waals surface area contributed by atoms with Crippen molar-refractivity contribution in [2.24, 2.45) is 16.5 Å². The molecule has 1 fully saturated rings.